The van der Waals surface area contributed by atoms with Crippen LogP contribution in [0.4, 0.5) is 5.69 Å². The molecule has 2 heterocycles. The largest absolute Gasteiger partial charge is 0.421 e. The molecule has 0 saturated carbocycles. The van der Waals surface area contributed by atoms with Crippen molar-refractivity contribution in [3.63, 3.8) is 0 Å². The fourth-order valence-electron chi connectivity index (χ4n) is 3.79. The maximum atomic E-state index is 13.0. The van der Waals surface area contributed by atoms with Crippen LogP contribution in [0.5, 0.6) is 0 Å². The molecule has 1 fully saturated rings. The van der Waals surface area contributed by atoms with Gasteiger partial charge in [-0.1, -0.05) is 40.9 Å². The maximum absolute atomic E-state index is 13.0. The van der Waals surface area contributed by atoms with Crippen LogP contribution >= 0.6 is 23.2 Å². The van der Waals surface area contributed by atoms with Crippen LogP contribution < -0.4 is 10.5 Å². The number of piperazine rings is 1. The van der Waals surface area contributed by atoms with Gasteiger partial charge in [-0.3, -0.25) is 4.79 Å². The lowest BCUT2D eigenvalue weighted by molar-refractivity contribution is 0.0742. The second kappa shape index (κ2) is 7.73. The van der Waals surface area contributed by atoms with Crippen molar-refractivity contribution in [1.29, 1.82) is 0 Å². The van der Waals surface area contributed by atoms with Crippen molar-refractivity contribution in [2.24, 2.45) is 0 Å². The Morgan fingerprint density at radius 2 is 1.72 bits per heavy atom. The summed E-state index contributed by atoms with van der Waals surface area (Å²) < 4.78 is 5.30. The molecular weight excluding hydrogens is 411 g/mol. The molecule has 3 aromatic rings. The second-order valence-electron chi connectivity index (χ2n) is 7.32. The number of hydrogen-bond acceptors (Lipinski definition) is 4. The number of carbonyl (C=O) groups excluding carboxylic acids is 1. The van der Waals surface area contributed by atoms with E-state index in [0.29, 0.717) is 36.6 Å². The van der Waals surface area contributed by atoms with Crippen molar-refractivity contribution in [2.45, 2.75) is 13.8 Å². The van der Waals surface area contributed by atoms with Crippen LogP contribution in [0, 0.1) is 13.8 Å². The first-order valence-corrected chi connectivity index (χ1v) is 10.1. The van der Waals surface area contributed by atoms with Gasteiger partial charge in [0, 0.05) is 42.3 Å². The van der Waals surface area contributed by atoms with E-state index in [9.17, 15) is 9.59 Å². The van der Waals surface area contributed by atoms with E-state index in [-0.39, 0.29) is 22.1 Å². The minimum Gasteiger partial charge on any atom is -0.421 e. The molecule has 0 spiro atoms. The van der Waals surface area contributed by atoms with Crippen LogP contribution in [0.25, 0.3) is 11.0 Å². The van der Waals surface area contributed by atoms with Crippen molar-refractivity contribution in [1.82, 2.24) is 4.90 Å². The molecule has 29 heavy (non-hydrogen) atoms. The molecule has 1 saturated heterocycles. The van der Waals surface area contributed by atoms with E-state index in [1.54, 1.807) is 11.0 Å². The number of hydrogen-bond donors (Lipinski definition) is 0. The summed E-state index contributed by atoms with van der Waals surface area (Å²) in [6.45, 7) is 6.62. The Morgan fingerprint density at radius 3 is 2.41 bits per heavy atom. The summed E-state index contributed by atoms with van der Waals surface area (Å²) in [7, 11) is 0. The lowest BCUT2D eigenvalue weighted by Crippen LogP contribution is -2.49. The molecule has 0 aliphatic carbocycles. The highest BCUT2D eigenvalue weighted by molar-refractivity contribution is 6.38. The number of rotatable bonds is 2. The average Bonchev–Trinajstić information content (AvgIpc) is 2.68. The lowest BCUT2D eigenvalue weighted by Gasteiger charge is -2.36. The maximum Gasteiger partial charge on any atom is 0.349 e. The van der Waals surface area contributed by atoms with Gasteiger partial charge in [0.15, 0.2) is 5.58 Å². The third-order valence-corrected chi connectivity index (χ3v) is 5.74. The van der Waals surface area contributed by atoms with Crippen molar-refractivity contribution in [3.8, 4) is 0 Å². The fraction of sp³-hybridized carbons (Fsp3) is 0.273. The molecule has 1 aliphatic rings. The molecule has 0 N–H and O–H groups in total. The van der Waals surface area contributed by atoms with Gasteiger partial charge >= 0.3 is 5.63 Å². The topological polar surface area (TPSA) is 53.8 Å². The molecule has 1 amide bonds. The smallest absolute Gasteiger partial charge is 0.349 e. The van der Waals surface area contributed by atoms with E-state index >= 15 is 0 Å². The molecule has 1 aromatic heterocycles. The summed E-state index contributed by atoms with van der Waals surface area (Å²) in [4.78, 5) is 29.3. The van der Waals surface area contributed by atoms with Crippen LogP contribution in [0.1, 0.15) is 21.5 Å². The number of nitrogens with zero attached hydrogens (tertiary/aromatic N) is 2. The first kappa shape index (κ1) is 19.8. The van der Waals surface area contributed by atoms with Crippen molar-refractivity contribution in [2.75, 3.05) is 31.1 Å². The standard InChI is InChI=1S/C22H20Cl2N2O3/c1-13-3-4-19(14(2)9-13)25-5-7-26(8-6-25)21(27)17-11-15-10-16(23)12-18(24)20(15)29-22(17)28/h3-4,9-12H,5-8H2,1-2H3. The van der Waals surface area contributed by atoms with Crippen LogP contribution in [-0.4, -0.2) is 37.0 Å². The summed E-state index contributed by atoms with van der Waals surface area (Å²) in [5.41, 5.74) is 3.16. The number of aryl methyl sites for hydroxylation is 2. The van der Waals surface area contributed by atoms with Crippen molar-refractivity contribution < 1.29 is 9.21 Å². The molecule has 7 heteroatoms. The lowest BCUT2D eigenvalue weighted by atomic mass is 10.1. The molecule has 2 aromatic carbocycles. The average molecular weight is 431 g/mol. The quantitative estimate of drug-likeness (QED) is 0.553. The third-order valence-electron chi connectivity index (χ3n) is 5.24. The minimum absolute atomic E-state index is 0.00389. The van der Waals surface area contributed by atoms with Gasteiger partial charge in [-0.25, -0.2) is 4.79 Å². The number of amides is 1. The highest BCUT2D eigenvalue weighted by atomic mass is 35.5. The van der Waals surface area contributed by atoms with Crippen molar-refractivity contribution >= 4 is 45.8 Å². The minimum atomic E-state index is -0.691. The fourth-order valence-corrected chi connectivity index (χ4v) is 4.34. The Morgan fingerprint density at radius 1 is 1.00 bits per heavy atom. The molecule has 0 unspecified atom stereocenters. The SMILES string of the molecule is Cc1ccc(N2CCN(C(=O)c3cc4cc(Cl)cc(Cl)c4oc3=O)CC2)c(C)c1. The van der Waals surface area contributed by atoms with Gasteiger partial charge in [0.25, 0.3) is 5.91 Å². The summed E-state index contributed by atoms with van der Waals surface area (Å²) >= 11 is 12.1. The van der Waals surface area contributed by atoms with Gasteiger partial charge in [0.05, 0.1) is 5.02 Å². The molecule has 4 rings (SSSR count). The van der Waals surface area contributed by atoms with Crippen molar-refractivity contribution in [3.05, 3.63) is 73.6 Å². The zero-order valence-electron chi connectivity index (χ0n) is 16.2. The number of halogens is 2. The Balaban J connectivity index is 1.55. The van der Waals surface area contributed by atoms with E-state index in [1.165, 1.54) is 28.9 Å². The van der Waals surface area contributed by atoms with Gasteiger partial charge in [-0.05, 0) is 43.7 Å². The van der Waals surface area contributed by atoms with E-state index in [0.717, 1.165) is 0 Å². The molecule has 0 radical (unpaired) electrons. The number of benzene rings is 2. The first-order valence-electron chi connectivity index (χ1n) is 9.38. The van der Waals surface area contributed by atoms with Gasteiger partial charge in [-0.15, -0.1) is 0 Å². The second-order valence-corrected chi connectivity index (χ2v) is 8.17. The van der Waals surface area contributed by atoms with Gasteiger partial charge < -0.3 is 14.2 Å². The van der Waals surface area contributed by atoms with E-state index in [4.69, 9.17) is 27.6 Å². The molecule has 1 aliphatic heterocycles. The highest BCUT2D eigenvalue weighted by Gasteiger charge is 2.26. The summed E-state index contributed by atoms with van der Waals surface area (Å²) in [5, 5.41) is 1.18. The monoisotopic (exact) mass is 430 g/mol. The molecular formula is C22H20Cl2N2O3. The summed E-state index contributed by atoms with van der Waals surface area (Å²) in [6.07, 6.45) is 0. The Hall–Kier alpha value is -2.50. The first-order chi connectivity index (χ1) is 13.8. The predicted molar refractivity (Wildman–Crippen MR) is 117 cm³/mol. The highest BCUT2D eigenvalue weighted by Crippen LogP contribution is 2.28. The van der Waals surface area contributed by atoms with E-state index in [1.807, 2.05) is 0 Å². The zero-order valence-corrected chi connectivity index (χ0v) is 17.7. The summed E-state index contributed by atoms with van der Waals surface area (Å²) in [6, 6.07) is 11.0. The van der Waals surface area contributed by atoms with Crippen LogP contribution in [-0.2, 0) is 0 Å². The Kier molecular flexibility index (Phi) is 5.28. The summed E-state index contributed by atoms with van der Waals surface area (Å²) in [5.74, 6) is -0.336. The van der Waals surface area contributed by atoms with Gasteiger partial charge in [0.1, 0.15) is 5.56 Å². The third kappa shape index (κ3) is 3.85. The zero-order chi connectivity index (χ0) is 20.7. The molecule has 5 nitrogen and oxygen atoms in total. The molecule has 0 bridgehead atoms. The molecule has 0 atom stereocenters. The van der Waals surface area contributed by atoms with E-state index < -0.39 is 5.63 Å². The van der Waals surface area contributed by atoms with Crippen LogP contribution in [0.2, 0.25) is 10.0 Å². The Bertz CT molecular complexity index is 1160. The Labute approximate surface area is 178 Å². The van der Waals surface area contributed by atoms with Gasteiger partial charge in [-0.2, -0.15) is 0 Å². The number of fused-ring (bicyclic) bond motifs is 1. The van der Waals surface area contributed by atoms with Crippen LogP contribution in [0.3, 0.4) is 0 Å². The van der Waals surface area contributed by atoms with E-state index in [2.05, 4.69) is 36.9 Å². The normalized spacial score (nSPS) is 14.5. The van der Waals surface area contributed by atoms with Crippen LogP contribution in [0.15, 0.2) is 45.6 Å². The number of anilines is 1. The van der Waals surface area contributed by atoms with Gasteiger partial charge in [0.2, 0.25) is 0 Å². The molecule has 150 valence electrons. The predicted octanol–water partition coefficient (Wildman–Crippen LogP) is 4.68. The number of carbonyl (C=O) groups is 1.